The van der Waals surface area contributed by atoms with Crippen LogP contribution >= 0.6 is 0 Å². The van der Waals surface area contributed by atoms with Gasteiger partial charge < -0.3 is 10.2 Å². The van der Waals surface area contributed by atoms with Crippen molar-refractivity contribution in [3.63, 3.8) is 0 Å². The molecule has 14 heteroatoms. The molecule has 2 unspecified atom stereocenters. The summed E-state index contributed by atoms with van der Waals surface area (Å²) in [6.45, 7) is 6.91. The minimum absolute atomic E-state index is 0.820. The zero-order chi connectivity index (χ0) is 26.9. The third-order valence-electron chi connectivity index (χ3n) is 5.36. The molecule has 4 heterocycles. The number of pyridine rings is 2. The van der Waals surface area contributed by atoms with Crippen molar-refractivity contribution >= 4 is 11.9 Å². The zero-order valence-corrected chi connectivity index (χ0v) is 18.8. The molecule has 0 radical (unpaired) electrons. The first-order chi connectivity index (χ1) is 16.8. The van der Waals surface area contributed by atoms with Gasteiger partial charge in [0.2, 0.25) is 0 Å². The van der Waals surface area contributed by atoms with Crippen LogP contribution in [-0.2, 0) is 22.7 Å². The summed E-state index contributed by atoms with van der Waals surface area (Å²) in [5.41, 5.74) is 2.52. The van der Waals surface area contributed by atoms with E-state index in [0.29, 0.717) is 0 Å². The average Bonchev–Trinajstić information content (AvgIpc) is 3.32. The number of hydrogen-bond acceptors (Lipinski definition) is 6. The number of carboxylic acid groups (broad SMARTS) is 2. The lowest BCUT2D eigenvalue weighted by Crippen LogP contribution is -2.28. The summed E-state index contributed by atoms with van der Waals surface area (Å²) in [5, 5.41) is 14.2. The molecule has 2 aliphatic heterocycles. The molecule has 2 aliphatic rings. The molecule has 2 fully saturated rings. The van der Waals surface area contributed by atoms with E-state index in [1.54, 1.807) is 0 Å². The number of rotatable bonds is 4. The van der Waals surface area contributed by atoms with Crippen molar-refractivity contribution in [3.8, 4) is 0 Å². The number of nitrogens with zero attached hydrogens (tertiary/aromatic N) is 4. The second-order valence-electron chi connectivity index (χ2n) is 8.20. The number of hydrogen-bond donors (Lipinski definition) is 2. The van der Waals surface area contributed by atoms with Crippen LogP contribution in [0.3, 0.4) is 0 Å². The SMILES string of the molecule is O=C(O)C(F)(F)F.O=C(O)C(F)(F)F.c1ccc(CN2CC3CN(Cc4cccnc4)CC3C2)nc1. The van der Waals surface area contributed by atoms with E-state index in [0.717, 1.165) is 24.9 Å². The number of aromatic nitrogens is 2. The molecule has 0 bridgehead atoms. The molecule has 2 atom stereocenters. The largest absolute Gasteiger partial charge is 0.490 e. The highest BCUT2D eigenvalue weighted by molar-refractivity contribution is 5.73. The summed E-state index contributed by atoms with van der Waals surface area (Å²) in [6.07, 6.45) is -4.44. The van der Waals surface area contributed by atoms with Crippen LogP contribution in [0.25, 0.3) is 0 Å². The van der Waals surface area contributed by atoms with E-state index in [2.05, 4.69) is 38.0 Å². The Morgan fingerprint density at radius 1 is 0.806 bits per heavy atom. The monoisotopic (exact) mass is 522 g/mol. The van der Waals surface area contributed by atoms with Gasteiger partial charge in [-0.3, -0.25) is 19.8 Å². The Hall–Kier alpha value is -3.26. The van der Waals surface area contributed by atoms with Crippen molar-refractivity contribution in [1.82, 2.24) is 19.8 Å². The Bertz CT molecular complexity index is 884. The van der Waals surface area contributed by atoms with E-state index in [1.165, 1.54) is 37.4 Å². The van der Waals surface area contributed by atoms with E-state index in [4.69, 9.17) is 19.8 Å². The second-order valence-corrected chi connectivity index (χ2v) is 8.20. The summed E-state index contributed by atoms with van der Waals surface area (Å²) >= 11 is 0. The maximum absolute atomic E-state index is 10.6. The van der Waals surface area contributed by atoms with Gasteiger partial charge in [0.05, 0.1) is 5.69 Å². The lowest BCUT2D eigenvalue weighted by atomic mass is 10.0. The molecule has 0 aliphatic carbocycles. The van der Waals surface area contributed by atoms with Gasteiger partial charge in [-0.2, -0.15) is 26.3 Å². The van der Waals surface area contributed by atoms with Gasteiger partial charge in [-0.15, -0.1) is 0 Å². The topological polar surface area (TPSA) is 107 Å². The van der Waals surface area contributed by atoms with Gasteiger partial charge in [-0.25, -0.2) is 9.59 Å². The predicted molar refractivity (Wildman–Crippen MR) is 113 cm³/mol. The first kappa shape index (κ1) is 29.0. The molecular formula is C22H24F6N4O4. The molecule has 0 saturated carbocycles. The van der Waals surface area contributed by atoms with Gasteiger partial charge in [0.25, 0.3) is 0 Å². The molecule has 2 N–H and O–H groups in total. The lowest BCUT2D eigenvalue weighted by Gasteiger charge is -2.21. The van der Waals surface area contributed by atoms with E-state index in [-0.39, 0.29) is 0 Å². The molecule has 0 spiro atoms. The van der Waals surface area contributed by atoms with Gasteiger partial charge in [-0.05, 0) is 35.6 Å². The van der Waals surface area contributed by atoms with Crippen molar-refractivity contribution < 1.29 is 46.1 Å². The zero-order valence-electron chi connectivity index (χ0n) is 18.8. The lowest BCUT2D eigenvalue weighted by molar-refractivity contribution is -0.193. The van der Waals surface area contributed by atoms with Crippen molar-refractivity contribution in [3.05, 3.63) is 60.2 Å². The molecule has 198 valence electrons. The number of fused-ring (bicyclic) bond motifs is 1. The third-order valence-corrected chi connectivity index (χ3v) is 5.36. The average molecular weight is 522 g/mol. The highest BCUT2D eigenvalue weighted by Gasteiger charge is 2.40. The fraction of sp³-hybridized carbons (Fsp3) is 0.455. The summed E-state index contributed by atoms with van der Waals surface area (Å²) in [6, 6.07) is 10.4. The smallest absolute Gasteiger partial charge is 0.475 e. The molecule has 2 aromatic rings. The van der Waals surface area contributed by atoms with Crippen LogP contribution in [0, 0.1) is 11.8 Å². The minimum atomic E-state index is -5.08. The van der Waals surface area contributed by atoms with Crippen molar-refractivity contribution in [2.24, 2.45) is 11.8 Å². The first-order valence-electron chi connectivity index (χ1n) is 10.6. The molecule has 0 amide bonds. The van der Waals surface area contributed by atoms with Crippen molar-refractivity contribution in [2.75, 3.05) is 26.2 Å². The third kappa shape index (κ3) is 9.77. The van der Waals surface area contributed by atoms with E-state index < -0.39 is 24.3 Å². The van der Waals surface area contributed by atoms with Crippen LogP contribution in [0.4, 0.5) is 26.3 Å². The van der Waals surface area contributed by atoms with Gasteiger partial charge in [0.15, 0.2) is 0 Å². The predicted octanol–water partition coefficient (Wildman–Crippen LogP) is 3.31. The Labute approximate surface area is 202 Å². The van der Waals surface area contributed by atoms with Crippen molar-refractivity contribution in [2.45, 2.75) is 25.4 Å². The standard InChI is InChI=1S/C18H22N4.2C2HF3O2/c1-2-7-20-18(5-1)14-22-12-16-10-21(11-17(16)13-22)9-15-4-3-6-19-8-15;2*3-2(4,5)1(6)7/h1-8,16-17H,9-14H2;2*(H,6,7). The van der Waals surface area contributed by atoms with Gasteiger partial charge in [-0.1, -0.05) is 12.1 Å². The summed E-state index contributed by atoms with van der Waals surface area (Å²) in [4.78, 5) is 31.6. The maximum Gasteiger partial charge on any atom is 0.490 e. The quantitative estimate of drug-likeness (QED) is 0.590. The van der Waals surface area contributed by atoms with Crippen LogP contribution in [0.15, 0.2) is 48.9 Å². The number of carboxylic acids is 2. The maximum atomic E-state index is 10.6. The number of alkyl halides is 6. The van der Waals surface area contributed by atoms with Crippen molar-refractivity contribution in [1.29, 1.82) is 0 Å². The van der Waals surface area contributed by atoms with E-state index >= 15 is 0 Å². The van der Waals surface area contributed by atoms with Gasteiger partial charge in [0.1, 0.15) is 0 Å². The van der Waals surface area contributed by atoms with E-state index in [1.807, 2.05) is 30.7 Å². The molecule has 36 heavy (non-hydrogen) atoms. The first-order valence-corrected chi connectivity index (χ1v) is 10.6. The number of carbonyl (C=O) groups is 2. The van der Waals surface area contributed by atoms with Crippen LogP contribution < -0.4 is 0 Å². The van der Waals surface area contributed by atoms with Gasteiger partial charge in [0, 0.05) is 57.9 Å². The normalized spacial score (nSPS) is 19.9. The second kappa shape index (κ2) is 12.6. The van der Waals surface area contributed by atoms with Crippen LogP contribution in [0.1, 0.15) is 11.3 Å². The molecule has 2 aromatic heterocycles. The molecule has 8 nitrogen and oxygen atoms in total. The highest BCUT2D eigenvalue weighted by Crippen LogP contribution is 2.32. The summed E-state index contributed by atoms with van der Waals surface area (Å²) in [5.74, 6) is -3.87. The summed E-state index contributed by atoms with van der Waals surface area (Å²) < 4.78 is 63.5. The number of likely N-dealkylation sites (tertiary alicyclic amines) is 2. The fourth-order valence-corrected chi connectivity index (χ4v) is 3.92. The fourth-order valence-electron chi connectivity index (χ4n) is 3.92. The van der Waals surface area contributed by atoms with Crippen LogP contribution in [-0.4, -0.2) is 80.5 Å². The van der Waals surface area contributed by atoms with Gasteiger partial charge >= 0.3 is 24.3 Å². The molecule has 0 aromatic carbocycles. The number of aliphatic carboxylic acids is 2. The Morgan fingerprint density at radius 3 is 1.69 bits per heavy atom. The minimum Gasteiger partial charge on any atom is -0.475 e. The molecule has 4 rings (SSSR count). The number of halogens is 6. The van der Waals surface area contributed by atoms with Crippen LogP contribution in [0.5, 0.6) is 0 Å². The van der Waals surface area contributed by atoms with Crippen LogP contribution in [0.2, 0.25) is 0 Å². The molecule has 2 saturated heterocycles. The van der Waals surface area contributed by atoms with E-state index in [9.17, 15) is 26.3 Å². The Kier molecular flexibility index (Phi) is 10.2. The Morgan fingerprint density at radius 2 is 1.31 bits per heavy atom. The Balaban J connectivity index is 0.000000271. The highest BCUT2D eigenvalue weighted by atomic mass is 19.4. The summed E-state index contributed by atoms with van der Waals surface area (Å²) in [7, 11) is 0. The molecular weight excluding hydrogens is 498 g/mol.